The molecule has 0 saturated carbocycles. The fourth-order valence-corrected chi connectivity index (χ4v) is 3.88. The van der Waals surface area contributed by atoms with Crippen molar-refractivity contribution in [3.05, 3.63) is 77.1 Å². The molecule has 0 aliphatic carbocycles. The molecule has 3 aromatic rings. The van der Waals surface area contributed by atoms with E-state index in [4.69, 9.17) is 14.6 Å². The summed E-state index contributed by atoms with van der Waals surface area (Å²) < 4.78 is 24.6. The standard InChI is InChI=1S/C28H31FO5/c1-3-21-17-25(22-8-10-23(29)11-9-22)26(30)18-27(21)34-13-5-4-6-19-14-20(7-12-28(31)32)16-24(15-19)33-2/h8-11,14-18,30H,3-7,12-13H2,1-2H3,(H,31,32). The maximum Gasteiger partial charge on any atom is 0.303 e. The van der Waals surface area contributed by atoms with E-state index in [1.54, 1.807) is 25.3 Å². The lowest BCUT2D eigenvalue weighted by Crippen LogP contribution is -2.02. The number of unbranched alkanes of at least 4 members (excludes halogenated alkanes) is 1. The summed E-state index contributed by atoms with van der Waals surface area (Å²) in [6.07, 6.45) is 3.85. The molecule has 0 aromatic heterocycles. The van der Waals surface area contributed by atoms with Crippen LogP contribution in [-0.2, 0) is 24.1 Å². The number of aromatic hydroxyl groups is 1. The van der Waals surface area contributed by atoms with E-state index in [0.29, 0.717) is 24.3 Å². The van der Waals surface area contributed by atoms with Crippen molar-refractivity contribution in [2.24, 2.45) is 0 Å². The zero-order valence-electron chi connectivity index (χ0n) is 19.6. The molecular formula is C28H31FO5. The number of phenols is 1. The van der Waals surface area contributed by atoms with E-state index in [-0.39, 0.29) is 18.0 Å². The first-order valence-corrected chi connectivity index (χ1v) is 11.5. The minimum atomic E-state index is -0.815. The molecule has 0 spiro atoms. The van der Waals surface area contributed by atoms with E-state index < -0.39 is 5.97 Å². The van der Waals surface area contributed by atoms with Gasteiger partial charge in [0.15, 0.2) is 0 Å². The van der Waals surface area contributed by atoms with Gasteiger partial charge in [-0.3, -0.25) is 4.79 Å². The Morgan fingerprint density at radius 2 is 1.68 bits per heavy atom. The van der Waals surface area contributed by atoms with E-state index >= 15 is 0 Å². The fourth-order valence-electron chi connectivity index (χ4n) is 3.88. The number of ether oxygens (including phenoxy) is 2. The highest BCUT2D eigenvalue weighted by Crippen LogP contribution is 2.36. The maximum absolute atomic E-state index is 13.2. The Morgan fingerprint density at radius 3 is 2.32 bits per heavy atom. The SMILES string of the molecule is CCc1cc(-c2ccc(F)cc2)c(O)cc1OCCCCc1cc(CCC(=O)O)cc(OC)c1. The van der Waals surface area contributed by atoms with Crippen LogP contribution < -0.4 is 9.47 Å². The van der Waals surface area contributed by atoms with Crippen LogP contribution in [0.3, 0.4) is 0 Å². The summed E-state index contributed by atoms with van der Waals surface area (Å²) in [5, 5.41) is 19.4. The van der Waals surface area contributed by atoms with Gasteiger partial charge < -0.3 is 19.7 Å². The van der Waals surface area contributed by atoms with Gasteiger partial charge in [0, 0.05) is 18.1 Å². The smallest absolute Gasteiger partial charge is 0.303 e. The lowest BCUT2D eigenvalue weighted by atomic mass is 10.00. The van der Waals surface area contributed by atoms with Crippen molar-refractivity contribution in [3.63, 3.8) is 0 Å². The lowest BCUT2D eigenvalue weighted by molar-refractivity contribution is -0.136. The van der Waals surface area contributed by atoms with Crippen LogP contribution in [0.15, 0.2) is 54.6 Å². The second kappa shape index (κ2) is 12.1. The predicted molar refractivity (Wildman–Crippen MR) is 130 cm³/mol. The average Bonchev–Trinajstić information content (AvgIpc) is 2.83. The number of aryl methyl sites for hydroxylation is 3. The minimum absolute atomic E-state index is 0.0903. The Kier molecular flexibility index (Phi) is 8.91. The molecule has 0 unspecified atom stereocenters. The number of aliphatic carboxylic acids is 1. The Bertz CT molecular complexity index is 1110. The lowest BCUT2D eigenvalue weighted by Gasteiger charge is -2.14. The molecule has 6 heteroatoms. The van der Waals surface area contributed by atoms with Gasteiger partial charge >= 0.3 is 5.97 Å². The fraction of sp³-hybridized carbons (Fsp3) is 0.321. The van der Waals surface area contributed by atoms with Gasteiger partial charge in [-0.2, -0.15) is 0 Å². The third-order valence-electron chi connectivity index (χ3n) is 5.72. The van der Waals surface area contributed by atoms with Crippen LogP contribution >= 0.6 is 0 Å². The van der Waals surface area contributed by atoms with Crippen molar-refractivity contribution in [3.8, 4) is 28.4 Å². The number of carbonyl (C=O) groups is 1. The molecule has 0 aliphatic heterocycles. The monoisotopic (exact) mass is 466 g/mol. The second-order valence-electron chi connectivity index (χ2n) is 8.23. The average molecular weight is 467 g/mol. The highest BCUT2D eigenvalue weighted by Gasteiger charge is 2.12. The first-order chi connectivity index (χ1) is 16.4. The van der Waals surface area contributed by atoms with Gasteiger partial charge in [-0.1, -0.05) is 25.1 Å². The summed E-state index contributed by atoms with van der Waals surface area (Å²) in [5.74, 6) is 0.361. The van der Waals surface area contributed by atoms with Gasteiger partial charge in [0.25, 0.3) is 0 Å². The number of hydrogen-bond donors (Lipinski definition) is 2. The van der Waals surface area contributed by atoms with Crippen LogP contribution in [-0.4, -0.2) is 29.9 Å². The van der Waals surface area contributed by atoms with Crippen LogP contribution in [0.5, 0.6) is 17.2 Å². The van der Waals surface area contributed by atoms with E-state index in [9.17, 15) is 14.3 Å². The highest BCUT2D eigenvalue weighted by molar-refractivity contribution is 5.72. The number of carboxylic acid groups (broad SMARTS) is 1. The molecule has 0 radical (unpaired) electrons. The number of halogens is 1. The van der Waals surface area contributed by atoms with Crippen molar-refractivity contribution in [1.29, 1.82) is 0 Å². The van der Waals surface area contributed by atoms with Gasteiger partial charge in [-0.15, -0.1) is 0 Å². The van der Waals surface area contributed by atoms with E-state index in [1.165, 1.54) is 12.1 Å². The Hall–Kier alpha value is -3.54. The summed E-state index contributed by atoms with van der Waals surface area (Å²) >= 11 is 0. The van der Waals surface area contributed by atoms with Crippen LogP contribution in [0.1, 0.15) is 42.9 Å². The van der Waals surface area contributed by atoms with Crippen molar-refractivity contribution >= 4 is 5.97 Å². The third kappa shape index (κ3) is 6.98. The van der Waals surface area contributed by atoms with Crippen LogP contribution in [0.2, 0.25) is 0 Å². The highest BCUT2D eigenvalue weighted by atomic mass is 19.1. The molecule has 5 nitrogen and oxygen atoms in total. The quantitative estimate of drug-likeness (QED) is 0.311. The minimum Gasteiger partial charge on any atom is -0.507 e. The largest absolute Gasteiger partial charge is 0.507 e. The number of phenolic OH excluding ortho intramolecular Hbond substituents is 1. The summed E-state index contributed by atoms with van der Waals surface area (Å²) in [5.41, 5.74) is 4.45. The predicted octanol–water partition coefficient (Wildman–Crippen LogP) is 6.19. The van der Waals surface area contributed by atoms with Crippen LogP contribution in [0, 0.1) is 5.82 Å². The topological polar surface area (TPSA) is 76.0 Å². The number of rotatable bonds is 12. The molecule has 0 saturated heterocycles. The summed E-state index contributed by atoms with van der Waals surface area (Å²) in [6.45, 7) is 2.54. The number of benzene rings is 3. The molecule has 0 atom stereocenters. The number of carboxylic acids is 1. The molecule has 0 bridgehead atoms. The number of hydrogen-bond acceptors (Lipinski definition) is 4. The molecule has 0 heterocycles. The molecule has 3 rings (SSSR count). The molecule has 180 valence electrons. The van der Waals surface area contributed by atoms with Gasteiger partial charge in [0.2, 0.25) is 0 Å². The molecule has 34 heavy (non-hydrogen) atoms. The van der Waals surface area contributed by atoms with Crippen LogP contribution in [0.4, 0.5) is 4.39 Å². The van der Waals surface area contributed by atoms with Crippen molar-refractivity contribution < 1.29 is 28.9 Å². The first-order valence-electron chi connectivity index (χ1n) is 11.5. The zero-order chi connectivity index (χ0) is 24.5. The molecule has 0 fully saturated rings. The summed E-state index contributed by atoms with van der Waals surface area (Å²) in [4.78, 5) is 10.9. The Morgan fingerprint density at radius 1 is 0.971 bits per heavy atom. The molecular weight excluding hydrogens is 435 g/mol. The second-order valence-corrected chi connectivity index (χ2v) is 8.23. The van der Waals surface area contributed by atoms with Gasteiger partial charge in [-0.25, -0.2) is 4.39 Å². The van der Waals surface area contributed by atoms with E-state index in [0.717, 1.165) is 53.7 Å². The molecule has 3 aromatic carbocycles. The summed E-state index contributed by atoms with van der Waals surface area (Å²) in [6, 6.07) is 15.5. The van der Waals surface area contributed by atoms with E-state index in [1.807, 2.05) is 31.2 Å². The van der Waals surface area contributed by atoms with Gasteiger partial charge in [0.05, 0.1) is 13.7 Å². The Labute approximate surface area is 199 Å². The van der Waals surface area contributed by atoms with Crippen molar-refractivity contribution in [2.45, 2.75) is 45.4 Å². The third-order valence-corrected chi connectivity index (χ3v) is 5.72. The molecule has 0 aliphatic rings. The molecule has 0 amide bonds. The maximum atomic E-state index is 13.2. The summed E-state index contributed by atoms with van der Waals surface area (Å²) in [7, 11) is 1.61. The van der Waals surface area contributed by atoms with Crippen molar-refractivity contribution in [2.75, 3.05) is 13.7 Å². The van der Waals surface area contributed by atoms with Crippen LogP contribution in [0.25, 0.3) is 11.1 Å². The first kappa shape index (κ1) is 25.1. The van der Waals surface area contributed by atoms with Gasteiger partial charge in [0.1, 0.15) is 23.1 Å². The van der Waals surface area contributed by atoms with E-state index in [2.05, 4.69) is 0 Å². The zero-order valence-corrected chi connectivity index (χ0v) is 19.6. The van der Waals surface area contributed by atoms with Crippen molar-refractivity contribution in [1.82, 2.24) is 0 Å². The normalized spacial score (nSPS) is 10.8. The number of methoxy groups -OCH3 is 1. The van der Waals surface area contributed by atoms with Gasteiger partial charge in [-0.05, 0) is 84.7 Å². The molecule has 2 N–H and O–H groups in total. The Balaban J connectivity index is 1.57.